The number of aryl methyl sites for hydroxylation is 1. The van der Waals surface area contributed by atoms with Crippen LogP contribution < -0.4 is 5.32 Å². The topological polar surface area (TPSA) is 47.0 Å². The van der Waals surface area contributed by atoms with Gasteiger partial charge in [-0.2, -0.15) is 11.8 Å². The lowest BCUT2D eigenvalue weighted by Crippen LogP contribution is -2.20. The van der Waals surface area contributed by atoms with Gasteiger partial charge in [0.2, 0.25) is 0 Å². The molecule has 1 N–H and O–H groups in total. The first-order valence-corrected chi connectivity index (χ1v) is 8.43. The van der Waals surface area contributed by atoms with E-state index in [1.807, 2.05) is 18.8 Å². The van der Waals surface area contributed by atoms with Crippen molar-refractivity contribution < 1.29 is 4.74 Å². The van der Waals surface area contributed by atoms with Crippen LogP contribution in [0.3, 0.4) is 0 Å². The highest BCUT2D eigenvalue weighted by molar-refractivity contribution is 14.1. The predicted octanol–water partition coefficient (Wildman–Crippen LogP) is 2.88. The fourth-order valence-corrected chi connectivity index (χ4v) is 3.48. The second-order valence-electron chi connectivity index (χ2n) is 4.13. The number of hydrogen-bond donors (Lipinski definition) is 1. The van der Waals surface area contributed by atoms with E-state index < -0.39 is 0 Å². The second kappa shape index (κ2) is 6.91. The normalized spacial score (nSPS) is 19.8. The summed E-state index contributed by atoms with van der Waals surface area (Å²) in [6.07, 6.45) is 2.13. The van der Waals surface area contributed by atoms with Gasteiger partial charge in [0, 0.05) is 18.6 Å². The number of aromatic nitrogens is 2. The van der Waals surface area contributed by atoms with Crippen molar-refractivity contribution in [1.82, 2.24) is 9.97 Å². The number of ether oxygens (including phenoxy) is 1. The second-order valence-corrected chi connectivity index (χ2v) is 6.35. The maximum absolute atomic E-state index is 5.76. The molecule has 4 nitrogen and oxygen atoms in total. The molecule has 0 aromatic carbocycles. The van der Waals surface area contributed by atoms with Crippen LogP contribution in [-0.4, -0.2) is 35.1 Å². The maximum Gasteiger partial charge on any atom is 0.160 e. The van der Waals surface area contributed by atoms with Crippen molar-refractivity contribution in [1.29, 1.82) is 0 Å². The standard InChI is InChI=1S/C12H18IN3OS/c1-3-4-8-10(13)12(14-2)16-11(15-8)9-7-18-6-5-17-9/h9H,3-7H2,1-2H3,(H,14,15,16). The summed E-state index contributed by atoms with van der Waals surface area (Å²) < 4.78 is 6.89. The van der Waals surface area contributed by atoms with Crippen LogP contribution in [0, 0.1) is 3.57 Å². The van der Waals surface area contributed by atoms with Gasteiger partial charge in [-0.15, -0.1) is 0 Å². The van der Waals surface area contributed by atoms with Crippen molar-refractivity contribution in [2.45, 2.75) is 25.9 Å². The summed E-state index contributed by atoms with van der Waals surface area (Å²) in [5.74, 6) is 3.77. The molecular weight excluding hydrogens is 361 g/mol. The third kappa shape index (κ3) is 3.27. The quantitative estimate of drug-likeness (QED) is 0.816. The number of hydrogen-bond acceptors (Lipinski definition) is 5. The average molecular weight is 379 g/mol. The molecule has 1 atom stereocenters. The zero-order valence-corrected chi connectivity index (χ0v) is 13.7. The first-order valence-electron chi connectivity index (χ1n) is 6.19. The molecule has 0 saturated carbocycles. The summed E-state index contributed by atoms with van der Waals surface area (Å²) in [7, 11) is 1.90. The van der Waals surface area contributed by atoms with Crippen molar-refractivity contribution in [2.24, 2.45) is 0 Å². The molecule has 6 heteroatoms. The predicted molar refractivity (Wildman–Crippen MR) is 84.3 cm³/mol. The zero-order valence-electron chi connectivity index (χ0n) is 10.7. The molecule has 1 fully saturated rings. The molecule has 18 heavy (non-hydrogen) atoms. The van der Waals surface area contributed by atoms with Crippen LogP contribution in [0.15, 0.2) is 0 Å². The van der Waals surface area contributed by atoms with E-state index in [4.69, 9.17) is 9.72 Å². The first-order chi connectivity index (χ1) is 8.76. The van der Waals surface area contributed by atoms with Crippen LogP contribution in [0.5, 0.6) is 0 Å². The fourth-order valence-electron chi connectivity index (χ4n) is 1.86. The van der Waals surface area contributed by atoms with Crippen LogP contribution >= 0.6 is 34.4 Å². The van der Waals surface area contributed by atoms with E-state index in [1.165, 1.54) is 0 Å². The van der Waals surface area contributed by atoms with Gasteiger partial charge in [0.25, 0.3) is 0 Å². The first kappa shape index (κ1) is 14.3. The van der Waals surface area contributed by atoms with Gasteiger partial charge >= 0.3 is 0 Å². The molecule has 2 heterocycles. The van der Waals surface area contributed by atoms with Crippen molar-refractivity contribution in [3.63, 3.8) is 0 Å². The van der Waals surface area contributed by atoms with Crippen LogP contribution in [0.1, 0.15) is 31.0 Å². The van der Waals surface area contributed by atoms with Gasteiger partial charge in [0.15, 0.2) is 5.82 Å². The summed E-state index contributed by atoms with van der Waals surface area (Å²) in [6, 6.07) is 0. The Kier molecular flexibility index (Phi) is 5.50. The molecular formula is C12H18IN3OS. The number of halogens is 1. The van der Waals surface area contributed by atoms with Crippen LogP contribution in [0.2, 0.25) is 0 Å². The Balaban J connectivity index is 2.31. The molecule has 1 aromatic heterocycles. The number of thioether (sulfide) groups is 1. The van der Waals surface area contributed by atoms with Gasteiger partial charge in [-0.05, 0) is 29.0 Å². The van der Waals surface area contributed by atoms with E-state index in [2.05, 4.69) is 39.8 Å². The van der Waals surface area contributed by atoms with Gasteiger partial charge in [-0.25, -0.2) is 9.97 Å². The van der Waals surface area contributed by atoms with Gasteiger partial charge < -0.3 is 10.1 Å². The van der Waals surface area contributed by atoms with E-state index >= 15 is 0 Å². The number of nitrogens with one attached hydrogen (secondary N) is 1. The summed E-state index contributed by atoms with van der Waals surface area (Å²) in [5, 5.41) is 3.15. The number of nitrogens with zero attached hydrogens (tertiary/aromatic N) is 2. The Labute approximate surface area is 126 Å². The molecule has 2 rings (SSSR count). The highest BCUT2D eigenvalue weighted by Crippen LogP contribution is 2.28. The Bertz CT molecular complexity index is 411. The van der Waals surface area contributed by atoms with E-state index in [1.54, 1.807) is 0 Å². The van der Waals surface area contributed by atoms with Gasteiger partial charge in [-0.3, -0.25) is 0 Å². The lowest BCUT2D eigenvalue weighted by Gasteiger charge is -2.22. The van der Waals surface area contributed by atoms with E-state index in [9.17, 15) is 0 Å². The maximum atomic E-state index is 5.76. The molecule has 0 spiro atoms. The summed E-state index contributed by atoms with van der Waals surface area (Å²) in [4.78, 5) is 9.29. The molecule has 1 unspecified atom stereocenters. The Morgan fingerprint density at radius 2 is 2.33 bits per heavy atom. The minimum atomic E-state index is 0.0449. The SMILES string of the molecule is CCCc1nc(C2CSCCO2)nc(NC)c1I. The monoisotopic (exact) mass is 379 g/mol. The van der Waals surface area contributed by atoms with E-state index in [0.29, 0.717) is 0 Å². The van der Waals surface area contributed by atoms with E-state index in [-0.39, 0.29) is 6.10 Å². The average Bonchev–Trinajstić information content (AvgIpc) is 2.42. The smallest absolute Gasteiger partial charge is 0.160 e. The number of anilines is 1. The third-order valence-electron chi connectivity index (χ3n) is 2.76. The Morgan fingerprint density at radius 3 is 2.94 bits per heavy atom. The molecule has 0 aliphatic carbocycles. The van der Waals surface area contributed by atoms with Crippen molar-refractivity contribution in [3.8, 4) is 0 Å². The molecule has 100 valence electrons. The summed E-state index contributed by atoms with van der Waals surface area (Å²) in [6.45, 7) is 2.96. The highest BCUT2D eigenvalue weighted by Gasteiger charge is 2.22. The molecule has 0 bridgehead atoms. The van der Waals surface area contributed by atoms with E-state index in [0.717, 1.165) is 51.9 Å². The molecule has 1 saturated heterocycles. The highest BCUT2D eigenvalue weighted by atomic mass is 127. The minimum absolute atomic E-state index is 0.0449. The van der Waals surface area contributed by atoms with Crippen LogP contribution in [-0.2, 0) is 11.2 Å². The van der Waals surface area contributed by atoms with Gasteiger partial charge in [-0.1, -0.05) is 13.3 Å². The van der Waals surface area contributed by atoms with Gasteiger partial charge in [0.1, 0.15) is 11.9 Å². The van der Waals surface area contributed by atoms with Crippen LogP contribution in [0.25, 0.3) is 0 Å². The fraction of sp³-hybridized carbons (Fsp3) is 0.667. The molecule has 1 aliphatic rings. The summed E-state index contributed by atoms with van der Waals surface area (Å²) >= 11 is 4.23. The lowest BCUT2D eigenvalue weighted by atomic mass is 10.2. The minimum Gasteiger partial charge on any atom is -0.372 e. The molecule has 1 aliphatic heterocycles. The molecule has 0 amide bonds. The Hall–Kier alpha value is -0.0800. The van der Waals surface area contributed by atoms with Crippen molar-refractivity contribution in [3.05, 3.63) is 15.1 Å². The van der Waals surface area contributed by atoms with Crippen molar-refractivity contribution >= 4 is 40.2 Å². The Morgan fingerprint density at radius 1 is 1.50 bits per heavy atom. The zero-order chi connectivity index (χ0) is 13.0. The molecule has 0 radical (unpaired) electrons. The lowest BCUT2D eigenvalue weighted by molar-refractivity contribution is 0.0693. The molecule has 1 aromatic rings. The third-order valence-corrected chi connectivity index (χ3v) is 4.89. The van der Waals surface area contributed by atoms with Crippen LogP contribution in [0.4, 0.5) is 5.82 Å². The number of rotatable bonds is 4. The summed E-state index contributed by atoms with van der Waals surface area (Å²) in [5.41, 5.74) is 1.13. The van der Waals surface area contributed by atoms with Crippen molar-refractivity contribution in [2.75, 3.05) is 30.5 Å². The largest absolute Gasteiger partial charge is 0.372 e. The van der Waals surface area contributed by atoms with Gasteiger partial charge in [0.05, 0.1) is 15.9 Å².